The van der Waals surface area contributed by atoms with E-state index >= 15 is 0 Å². The number of hydrogen-bond donors (Lipinski definition) is 0. The van der Waals surface area contributed by atoms with E-state index in [1.165, 1.54) is 7.11 Å². The number of halogens is 2. The Labute approximate surface area is 151 Å². The number of allylic oxidation sites excluding steroid dienone is 1. The Bertz CT molecular complexity index is 598. The van der Waals surface area contributed by atoms with Gasteiger partial charge in [-0.15, -0.1) is 0 Å². The number of para-hydroxylation sites is 1. The molecule has 1 fully saturated rings. The van der Waals surface area contributed by atoms with Gasteiger partial charge in [-0.3, -0.25) is 0 Å². The third-order valence-corrected chi connectivity index (χ3v) is 4.45. The topological polar surface area (TPSA) is 41.9 Å². The van der Waals surface area contributed by atoms with Gasteiger partial charge in [-0.1, -0.05) is 61.0 Å². The molecule has 23 heavy (non-hydrogen) atoms. The zero-order chi connectivity index (χ0) is 17.4. The van der Waals surface area contributed by atoms with Gasteiger partial charge in [-0.2, -0.15) is 0 Å². The second kappa shape index (κ2) is 9.85. The van der Waals surface area contributed by atoms with Crippen LogP contribution >= 0.6 is 35.0 Å². The molecule has 126 valence electrons. The van der Waals surface area contributed by atoms with E-state index in [1.54, 1.807) is 43.0 Å². The molecule has 0 aliphatic carbocycles. The number of benzene rings is 1. The number of amidine groups is 1. The van der Waals surface area contributed by atoms with E-state index in [0.29, 0.717) is 33.1 Å². The summed E-state index contributed by atoms with van der Waals surface area (Å²) in [4.78, 5) is 18.1. The molecular formula is C16H20Cl2N2O2S. The summed E-state index contributed by atoms with van der Waals surface area (Å²) in [6, 6.07) is 5.22. The second-order valence-corrected chi connectivity index (χ2v) is 6.01. The summed E-state index contributed by atoms with van der Waals surface area (Å²) in [7, 11) is 1.36. The number of thioether (sulfide) groups is 1. The van der Waals surface area contributed by atoms with Crippen LogP contribution in [-0.2, 0) is 9.53 Å². The first-order valence-corrected chi connectivity index (χ1v) is 9.00. The lowest BCUT2D eigenvalue weighted by molar-refractivity contribution is -0.137. The van der Waals surface area contributed by atoms with Crippen LogP contribution in [0.5, 0.6) is 0 Å². The first kappa shape index (κ1) is 19.9. The van der Waals surface area contributed by atoms with Crippen molar-refractivity contribution in [2.24, 2.45) is 4.99 Å². The maximum atomic E-state index is 11.8. The Morgan fingerprint density at radius 1 is 1.35 bits per heavy atom. The molecule has 0 saturated carbocycles. The number of nitrogens with zero attached hydrogens (tertiary/aromatic N) is 2. The van der Waals surface area contributed by atoms with Crippen molar-refractivity contribution in [2.75, 3.05) is 19.4 Å². The third-order valence-electron chi connectivity index (χ3n) is 2.88. The summed E-state index contributed by atoms with van der Waals surface area (Å²) >= 11 is 13.8. The number of methoxy groups -OCH3 is 1. The molecule has 0 radical (unpaired) electrons. The van der Waals surface area contributed by atoms with Crippen molar-refractivity contribution in [3.63, 3.8) is 0 Å². The van der Waals surface area contributed by atoms with Crippen molar-refractivity contribution in [1.82, 2.24) is 4.90 Å². The van der Waals surface area contributed by atoms with Crippen molar-refractivity contribution in [1.29, 1.82) is 0 Å². The van der Waals surface area contributed by atoms with Crippen LogP contribution in [0.4, 0.5) is 5.69 Å². The maximum Gasteiger partial charge on any atom is 0.354 e. The van der Waals surface area contributed by atoms with E-state index in [2.05, 4.69) is 4.99 Å². The van der Waals surface area contributed by atoms with Crippen LogP contribution in [0, 0.1) is 0 Å². The summed E-state index contributed by atoms with van der Waals surface area (Å²) < 4.78 is 4.80. The molecule has 0 spiro atoms. The van der Waals surface area contributed by atoms with Crippen LogP contribution in [0.2, 0.25) is 10.0 Å². The lowest BCUT2D eigenvalue weighted by Gasteiger charge is -2.19. The number of hydrogen-bond acceptors (Lipinski definition) is 4. The molecule has 1 aliphatic heterocycles. The van der Waals surface area contributed by atoms with E-state index in [4.69, 9.17) is 27.9 Å². The minimum atomic E-state index is -0.391. The minimum Gasteiger partial charge on any atom is -0.464 e. The smallest absolute Gasteiger partial charge is 0.354 e. The first-order valence-electron chi connectivity index (χ1n) is 7.26. The Morgan fingerprint density at radius 2 is 1.96 bits per heavy atom. The average molecular weight is 375 g/mol. The van der Waals surface area contributed by atoms with Crippen LogP contribution in [0.3, 0.4) is 0 Å². The van der Waals surface area contributed by atoms with Gasteiger partial charge in [-0.25, -0.2) is 9.79 Å². The summed E-state index contributed by atoms with van der Waals surface area (Å²) in [6.45, 7) is 6.47. The molecule has 1 aromatic rings. The zero-order valence-electron chi connectivity index (χ0n) is 13.6. The molecule has 0 aromatic heterocycles. The quantitative estimate of drug-likeness (QED) is 0.542. The molecule has 4 nitrogen and oxygen atoms in total. The van der Waals surface area contributed by atoms with Gasteiger partial charge in [0.25, 0.3) is 0 Å². The predicted molar refractivity (Wildman–Crippen MR) is 99.8 cm³/mol. The third kappa shape index (κ3) is 4.90. The number of ether oxygens (including phenoxy) is 1. The van der Waals surface area contributed by atoms with Crippen LogP contribution in [0.1, 0.15) is 20.8 Å². The molecule has 0 N–H and O–H groups in total. The van der Waals surface area contributed by atoms with Gasteiger partial charge < -0.3 is 9.64 Å². The SMILES string of the molecule is C/C=C(/C(=O)OC)N1CCSC1=Nc1c(Cl)cccc1Cl.CC. The molecular weight excluding hydrogens is 355 g/mol. The van der Waals surface area contributed by atoms with Crippen LogP contribution in [0.15, 0.2) is 35.0 Å². The summed E-state index contributed by atoms with van der Waals surface area (Å²) in [5.41, 5.74) is 0.972. The van der Waals surface area contributed by atoms with Gasteiger partial charge >= 0.3 is 5.97 Å². The number of carbonyl (C=O) groups excluding carboxylic acids is 1. The first-order chi connectivity index (χ1) is 11.1. The zero-order valence-corrected chi connectivity index (χ0v) is 15.9. The van der Waals surface area contributed by atoms with Crippen molar-refractivity contribution < 1.29 is 9.53 Å². The molecule has 1 aromatic carbocycles. The monoisotopic (exact) mass is 374 g/mol. The number of esters is 1. The molecule has 0 amide bonds. The summed E-state index contributed by atoms with van der Waals surface area (Å²) in [6.07, 6.45) is 1.71. The van der Waals surface area contributed by atoms with E-state index in [9.17, 15) is 4.79 Å². The summed E-state index contributed by atoms with van der Waals surface area (Å²) in [5.74, 6) is 0.438. The van der Waals surface area contributed by atoms with E-state index in [-0.39, 0.29) is 0 Å². The normalized spacial score (nSPS) is 16.2. The van der Waals surface area contributed by atoms with Gasteiger partial charge in [0.15, 0.2) is 5.17 Å². The highest BCUT2D eigenvalue weighted by atomic mass is 35.5. The molecule has 0 unspecified atom stereocenters. The highest BCUT2D eigenvalue weighted by molar-refractivity contribution is 8.14. The van der Waals surface area contributed by atoms with Crippen molar-refractivity contribution in [3.8, 4) is 0 Å². The fraction of sp³-hybridized carbons (Fsp3) is 0.375. The van der Waals surface area contributed by atoms with E-state index < -0.39 is 5.97 Å². The molecule has 1 aliphatic rings. The van der Waals surface area contributed by atoms with Crippen molar-refractivity contribution in [3.05, 3.63) is 40.0 Å². The highest BCUT2D eigenvalue weighted by Gasteiger charge is 2.27. The minimum absolute atomic E-state index is 0.391. The molecule has 0 bridgehead atoms. The summed E-state index contributed by atoms with van der Waals surface area (Å²) in [5, 5.41) is 1.63. The average Bonchev–Trinajstić information content (AvgIpc) is 3.01. The van der Waals surface area contributed by atoms with Gasteiger partial charge in [-0.05, 0) is 19.1 Å². The Hall–Kier alpha value is -1.17. The fourth-order valence-electron chi connectivity index (χ4n) is 1.90. The molecule has 1 heterocycles. The standard InChI is InChI=1S/C14H14Cl2N2O2S.C2H6/c1-3-11(13(19)20-2)18-7-8-21-14(18)17-12-9(15)5-4-6-10(12)16;1-2/h3-6H,7-8H2,1-2H3;1-2H3/b11-3-,17-14?;. The van der Waals surface area contributed by atoms with Crippen LogP contribution in [-0.4, -0.2) is 35.4 Å². The van der Waals surface area contributed by atoms with Gasteiger partial charge in [0.1, 0.15) is 11.4 Å². The van der Waals surface area contributed by atoms with E-state index in [0.717, 1.165) is 5.75 Å². The Kier molecular flexibility index (Phi) is 8.52. The Morgan fingerprint density at radius 3 is 2.48 bits per heavy atom. The highest BCUT2D eigenvalue weighted by Crippen LogP contribution is 2.35. The lowest BCUT2D eigenvalue weighted by Crippen LogP contribution is -2.29. The van der Waals surface area contributed by atoms with Crippen LogP contribution < -0.4 is 0 Å². The second-order valence-electron chi connectivity index (χ2n) is 4.13. The number of carbonyl (C=O) groups is 1. The molecule has 2 rings (SSSR count). The molecule has 7 heteroatoms. The molecule has 0 atom stereocenters. The van der Waals surface area contributed by atoms with Gasteiger partial charge in [0.2, 0.25) is 0 Å². The van der Waals surface area contributed by atoms with Gasteiger partial charge in [0, 0.05) is 12.3 Å². The van der Waals surface area contributed by atoms with Crippen LogP contribution in [0.25, 0.3) is 0 Å². The van der Waals surface area contributed by atoms with Crippen molar-refractivity contribution in [2.45, 2.75) is 20.8 Å². The predicted octanol–water partition coefficient (Wildman–Crippen LogP) is 5.13. The number of rotatable bonds is 3. The Balaban J connectivity index is 0.00000127. The number of aliphatic imine (C=N–C) groups is 1. The largest absolute Gasteiger partial charge is 0.464 e. The molecule has 1 saturated heterocycles. The lowest BCUT2D eigenvalue weighted by atomic mass is 10.3. The maximum absolute atomic E-state index is 11.8. The fourth-order valence-corrected chi connectivity index (χ4v) is 3.34. The van der Waals surface area contributed by atoms with Crippen molar-refractivity contribution >= 4 is 51.8 Å². The van der Waals surface area contributed by atoms with Gasteiger partial charge in [0.05, 0.1) is 17.2 Å². The van der Waals surface area contributed by atoms with E-state index in [1.807, 2.05) is 18.7 Å².